The summed E-state index contributed by atoms with van der Waals surface area (Å²) in [6, 6.07) is 14.0. The number of H-pyrrole nitrogens is 1. The molecule has 2 heterocycles. The van der Waals surface area contributed by atoms with Gasteiger partial charge in [0.1, 0.15) is 23.7 Å². The zero-order valence-corrected chi connectivity index (χ0v) is 20.5. The average molecular weight is 520 g/mol. The molecule has 194 valence electrons. The molecule has 5 rings (SSSR count). The van der Waals surface area contributed by atoms with Gasteiger partial charge in [-0.05, 0) is 41.5 Å². The number of hydrogen-bond acceptors (Lipinski definition) is 5. The van der Waals surface area contributed by atoms with Crippen LogP contribution in [0.5, 0.6) is 0 Å². The minimum atomic E-state index is -1.06. The van der Waals surface area contributed by atoms with Gasteiger partial charge < -0.3 is 19.8 Å². The van der Waals surface area contributed by atoms with Gasteiger partial charge >= 0.3 is 18.0 Å². The number of fused-ring (bicyclic) bond motifs is 3. The Morgan fingerprint density at radius 3 is 2.29 bits per heavy atom. The lowest BCUT2D eigenvalue weighted by molar-refractivity contribution is -0.146. The van der Waals surface area contributed by atoms with Gasteiger partial charge in [-0.25, -0.2) is 23.2 Å². The van der Waals surface area contributed by atoms with E-state index in [9.17, 15) is 23.2 Å². The van der Waals surface area contributed by atoms with Crippen LogP contribution >= 0.6 is 0 Å². The number of methoxy groups -OCH3 is 2. The molecule has 4 aromatic rings. The van der Waals surface area contributed by atoms with Crippen molar-refractivity contribution in [3.8, 4) is 0 Å². The van der Waals surface area contributed by atoms with Gasteiger partial charge in [0, 0.05) is 34.8 Å². The second kappa shape index (κ2) is 9.97. The third-order valence-electron chi connectivity index (χ3n) is 6.60. The molecule has 0 saturated carbocycles. The van der Waals surface area contributed by atoms with E-state index in [0.29, 0.717) is 22.9 Å². The number of amides is 2. The van der Waals surface area contributed by atoms with E-state index in [1.807, 2.05) is 24.3 Å². The highest BCUT2D eigenvalue weighted by Gasteiger charge is 2.44. The van der Waals surface area contributed by atoms with Gasteiger partial charge in [0.05, 0.1) is 19.8 Å². The molecule has 3 aromatic carbocycles. The maximum absolute atomic E-state index is 13.8. The molecule has 1 aromatic heterocycles. The summed E-state index contributed by atoms with van der Waals surface area (Å²) in [6.07, 6.45) is 0.147. The molecule has 0 aliphatic carbocycles. The van der Waals surface area contributed by atoms with E-state index in [-0.39, 0.29) is 12.1 Å². The molecule has 2 unspecified atom stereocenters. The van der Waals surface area contributed by atoms with E-state index in [0.717, 1.165) is 28.6 Å². The summed E-state index contributed by atoms with van der Waals surface area (Å²) < 4.78 is 37.5. The summed E-state index contributed by atoms with van der Waals surface area (Å²) in [5.74, 6) is -2.91. The summed E-state index contributed by atoms with van der Waals surface area (Å²) in [5, 5.41) is 3.41. The molecule has 38 heavy (non-hydrogen) atoms. The molecule has 0 saturated heterocycles. The Balaban J connectivity index is 1.67. The SMILES string of the molecule is COC(=O)c1ccc(C2c3[nH]c4ccccc4c3CC(C(=O)OC)N2C(=O)Nc2cc(F)cc(F)c2)cc1. The molecule has 1 aliphatic heterocycles. The number of nitrogens with one attached hydrogen (secondary N) is 2. The van der Waals surface area contributed by atoms with Crippen LogP contribution in [-0.2, 0) is 20.7 Å². The Hall–Kier alpha value is -4.73. The number of ether oxygens (including phenoxy) is 2. The zero-order valence-electron chi connectivity index (χ0n) is 20.5. The third-order valence-corrected chi connectivity index (χ3v) is 6.60. The zero-order chi connectivity index (χ0) is 27.0. The van der Waals surface area contributed by atoms with Crippen LogP contribution in [0.15, 0.2) is 66.7 Å². The van der Waals surface area contributed by atoms with Gasteiger partial charge in [-0.3, -0.25) is 4.90 Å². The lowest BCUT2D eigenvalue weighted by Gasteiger charge is -2.40. The van der Waals surface area contributed by atoms with Crippen LogP contribution in [0, 0.1) is 11.6 Å². The second-order valence-corrected chi connectivity index (χ2v) is 8.82. The highest BCUT2D eigenvalue weighted by atomic mass is 19.1. The van der Waals surface area contributed by atoms with Crippen molar-refractivity contribution in [3.63, 3.8) is 0 Å². The number of aromatic nitrogens is 1. The maximum Gasteiger partial charge on any atom is 0.337 e. The number of carbonyl (C=O) groups excluding carboxylic acids is 3. The van der Waals surface area contributed by atoms with E-state index in [4.69, 9.17) is 9.47 Å². The monoisotopic (exact) mass is 519 g/mol. The first-order valence-electron chi connectivity index (χ1n) is 11.7. The minimum Gasteiger partial charge on any atom is -0.467 e. The van der Waals surface area contributed by atoms with Crippen molar-refractivity contribution < 1.29 is 32.6 Å². The number of esters is 2. The molecular weight excluding hydrogens is 496 g/mol. The second-order valence-electron chi connectivity index (χ2n) is 8.82. The van der Waals surface area contributed by atoms with Crippen molar-refractivity contribution in [2.24, 2.45) is 0 Å². The number of anilines is 1. The van der Waals surface area contributed by atoms with Crippen LogP contribution in [0.3, 0.4) is 0 Å². The van der Waals surface area contributed by atoms with E-state index in [2.05, 4.69) is 10.3 Å². The Bertz CT molecular complexity index is 1530. The highest BCUT2D eigenvalue weighted by Crippen LogP contribution is 2.41. The van der Waals surface area contributed by atoms with Crippen molar-refractivity contribution in [1.82, 2.24) is 9.88 Å². The molecule has 2 amide bonds. The first-order valence-corrected chi connectivity index (χ1v) is 11.7. The quantitative estimate of drug-likeness (QED) is 0.372. The predicted octanol–water partition coefficient (Wildman–Crippen LogP) is 4.95. The molecular formula is C28H23F2N3O5. The standard InChI is InChI=1S/C28H23F2N3O5/c1-37-26(34)16-9-7-15(8-10-16)25-24-21(20-5-3-4-6-22(20)32-24)14-23(27(35)38-2)33(25)28(36)31-19-12-17(29)11-18(30)13-19/h3-13,23,25,32H,14H2,1-2H3,(H,31,36). The first kappa shape index (κ1) is 24.9. The number of rotatable bonds is 4. The topological polar surface area (TPSA) is 101 Å². The molecule has 2 N–H and O–H groups in total. The fourth-order valence-electron chi connectivity index (χ4n) is 4.94. The number of benzene rings is 3. The molecule has 2 atom stereocenters. The lowest BCUT2D eigenvalue weighted by atomic mass is 9.88. The van der Waals surface area contributed by atoms with Crippen molar-refractivity contribution in [3.05, 3.63) is 101 Å². The van der Waals surface area contributed by atoms with E-state index >= 15 is 0 Å². The third kappa shape index (κ3) is 4.45. The molecule has 0 radical (unpaired) electrons. The van der Waals surface area contributed by atoms with Crippen LogP contribution in [-0.4, -0.2) is 48.1 Å². The first-order chi connectivity index (χ1) is 18.3. The van der Waals surface area contributed by atoms with Crippen molar-refractivity contribution >= 4 is 34.6 Å². The summed E-state index contributed by atoms with van der Waals surface area (Å²) in [4.78, 5) is 43.4. The fourth-order valence-corrected chi connectivity index (χ4v) is 4.94. The Kier molecular flexibility index (Phi) is 6.54. The number of aromatic amines is 1. The summed E-state index contributed by atoms with van der Waals surface area (Å²) in [7, 11) is 2.50. The smallest absolute Gasteiger partial charge is 0.337 e. The molecule has 8 nitrogen and oxygen atoms in total. The minimum absolute atomic E-state index is 0.113. The molecule has 0 fully saturated rings. The number of urea groups is 1. The van der Waals surface area contributed by atoms with Gasteiger partial charge in [0.2, 0.25) is 0 Å². The van der Waals surface area contributed by atoms with Gasteiger partial charge in [0.25, 0.3) is 0 Å². The number of nitrogens with zero attached hydrogens (tertiary/aromatic N) is 1. The Labute approximate surface area is 216 Å². The van der Waals surface area contributed by atoms with Crippen molar-refractivity contribution in [2.45, 2.75) is 18.5 Å². The maximum atomic E-state index is 13.8. The van der Waals surface area contributed by atoms with E-state index in [1.165, 1.54) is 19.1 Å². The summed E-state index contributed by atoms with van der Waals surface area (Å²) in [6.45, 7) is 0. The molecule has 0 bridgehead atoms. The van der Waals surface area contributed by atoms with E-state index in [1.54, 1.807) is 24.3 Å². The van der Waals surface area contributed by atoms with Crippen molar-refractivity contribution in [1.29, 1.82) is 0 Å². The Morgan fingerprint density at radius 2 is 1.63 bits per heavy atom. The van der Waals surface area contributed by atoms with E-state index < -0.39 is 41.7 Å². The molecule has 1 aliphatic rings. The number of halogens is 2. The number of para-hydroxylation sites is 1. The summed E-state index contributed by atoms with van der Waals surface area (Å²) >= 11 is 0. The summed E-state index contributed by atoms with van der Waals surface area (Å²) in [5.41, 5.74) is 3.08. The lowest BCUT2D eigenvalue weighted by Crippen LogP contribution is -2.53. The van der Waals surface area contributed by atoms with Gasteiger partial charge in [-0.2, -0.15) is 0 Å². The van der Waals surface area contributed by atoms with Gasteiger partial charge in [-0.15, -0.1) is 0 Å². The fraction of sp³-hybridized carbons (Fsp3) is 0.179. The molecule has 0 spiro atoms. The van der Waals surface area contributed by atoms with Gasteiger partial charge in [0.15, 0.2) is 0 Å². The largest absolute Gasteiger partial charge is 0.467 e. The Morgan fingerprint density at radius 1 is 0.947 bits per heavy atom. The molecule has 10 heteroatoms. The van der Waals surface area contributed by atoms with Crippen molar-refractivity contribution in [2.75, 3.05) is 19.5 Å². The average Bonchev–Trinajstić information content (AvgIpc) is 3.29. The van der Waals surface area contributed by atoms with Crippen LogP contribution in [0.2, 0.25) is 0 Å². The van der Waals surface area contributed by atoms with Crippen LogP contribution < -0.4 is 5.32 Å². The number of carbonyl (C=O) groups is 3. The van der Waals surface area contributed by atoms with Gasteiger partial charge in [-0.1, -0.05) is 30.3 Å². The van der Waals surface area contributed by atoms with Crippen LogP contribution in [0.25, 0.3) is 10.9 Å². The predicted molar refractivity (Wildman–Crippen MR) is 135 cm³/mol. The van der Waals surface area contributed by atoms with Crippen LogP contribution in [0.1, 0.15) is 33.2 Å². The van der Waals surface area contributed by atoms with Crippen LogP contribution in [0.4, 0.5) is 19.3 Å². The highest BCUT2D eigenvalue weighted by molar-refractivity contribution is 5.95. The normalized spacial score (nSPS) is 16.6. The number of hydrogen-bond donors (Lipinski definition) is 2.